The SMILES string of the molecule is CCSc1nc2ccccc2nc1C. The molecule has 1 aromatic heterocycles. The van der Waals surface area contributed by atoms with E-state index in [0.717, 1.165) is 27.5 Å². The Morgan fingerprint density at radius 3 is 2.43 bits per heavy atom. The topological polar surface area (TPSA) is 25.8 Å². The Balaban J connectivity index is 2.59. The third-order valence-corrected chi connectivity index (χ3v) is 2.93. The number of fused-ring (bicyclic) bond motifs is 1. The summed E-state index contributed by atoms with van der Waals surface area (Å²) in [6, 6.07) is 7.98. The number of hydrogen-bond acceptors (Lipinski definition) is 3. The van der Waals surface area contributed by atoms with Gasteiger partial charge in [0.2, 0.25) is 0 Å². The predicted molar refractivity (Wildman–Crippen MR) is 60.7 cm³/mol. The monoisotopic (exact) mass is 204 g/mol. The molecule has 0 aliphatic rings. The van der Waals surface area contributed by atoms with Crippen LogP contribution in [0.3, 0.4) is 0 Å². The van der Waals surface area contributed by atoms with Crippen LogP contribution in [0.1, 0.15) is 12.6 Å². The fraction of sp³-hybridized carbons (Fsp3) is 0.273. The third-order valence-electron chi connectivity index (χ3n) is 1.98. The normalized spacial score (nSPS) is 10.7. The van der Waals surface area contributed by atoms with Gasteiger partial charge in [-0.2, -0.15) is 0 Å². The van der Waals surface area contributed by atoms with E-state index >= 15 is 0 Å². The molecule has 1 heterocycles. The largest absolute Gasteiger partial charge is 0.249 e. The van der Waals surface area contributed by atoms with Crippen LogP contribution in [0.2, 0.25) is 0 Å². The van der Waals surface area contributed by atoms with Crippen LogP contribution >= 0.6 is 11.8 Å². The Morgan fingerprint density at radius 1 is 1.14 bits per heavy atom. The van der Waals surface area contributed by atoms with E-state index in [-0.39, 0.29) is 0 Å². The number of thioether (sulfide) groups is 1. The number of aryl methyl sites for hydroxylation is 1. The molecule has 0 amide bonds. The molecule has 2 nitrogen and oxygen atoms in total. The van der Waals surface area contributed by atoms with Crippen LogP contribution in [0, 0.1) is 6.92 Å². The molecule has 0 aliphatic carbocycles. The summed E-state index contributed by atoms with van der Waals surface area (Å²) in [5.41, 5.74) is 2.98. The first-order valence-electron chi connectivity index (χ1n) is 4.67. The number of benzene rings is 1. The van der Waals surface area contributed by atoms with E-state index in [4.69, 9.17) is 0 Å². The highest BCUT2D eigenvalue weighted by molar-refractivity contribution is 7.99. The van der Waals surface area contributed by atoms with Crippen molar-refractivity contribution < 1.29 is 0 Å². The van der Waals surface area contributed by atoms with Gasteiger partial charge >= 0.3 is 0 Å². The van der Waals surface area contributed by atoms with Crippen molar-refractivity contribution in [2.45, 2.75) is 18.9 Å². The molecule has 3 heteroatoms. The van der Waals surface area contributed by atoms with Gasteiger partial charge in [-0.15, -0.1) is 11.8 Å². The smallest absolute Gasteiger partial charge is 0.118 e. The van der Waals surface area contributed by atoms with Gasteiger partial charge < -0.3 is 0 Å². The van der Waals surface area contributed by atoms with Crippen molar-refractivity contribution in [3.05, 3.63) is 30.0 Å². The minimum Gasteiger partial charge on any atom is -0.249 e. The van der Waals surface area contributed by atoms with E-state index in [0.29, 0.717) is 0 Å². The zero-order chi connectivity index (χ0) is 9.97. The Morgan fingerprint density at radius 2 is 1.79 bits per heavy atom. The first-order valence-corrected chi connectivity index (χ1v) is 5.66. The molecule has 0 saturated carbocycles. The summed E-state index contributed by atoms with van der Waals surface area (Å²) in [5.74, 6) is 1.04. The zero-order valence-electron chi connectivity index (χ0n) is 8.32. The van der Waals surface area contributed by atoms with E-state index in [9.17, 15) is 0 Å². The maximum atomic E-state index is 4.56. The van der Waals surface area contributed by atoms with Crippen molar-refractivity contribution >= 4 is 22.8 Å². The molecule has 0 N–H and O–H groups in total. The van der Waals surface area contributed by atoms with Crippen LogP contribution in [0.15, 0.2) is 29.3 Å². The molecular weight excluding hydrogens is 192 g/mol. The molecule has 1 aromatic carbocycles. The van der Waals surface area contributed by atoms with Crippen LogP contribution in [0.5, 0.6) is 0 Å². The van der Waals surface area contributed by atoms with Gasteiger partial charge in [0, 0.05) is 0 Å². The average Bonchev–Trinajstić information content (AvgIpc) is 2.19. The molecule has 0 unspecified atom stereocenters. The predicted octanol–water partition coefficient (Wildman–Crippen LogP) is 3.05. The van der Waals surface area contributed by atoms with Crippen molar-refractivity contribution in [3.63, 3.8) is 0 Å². The second kappa shape index (κ2) is 3.96. The van der Waals surface area contributed by atoms with Gasteiger partial charge in [-0.05, 0) is 24.8 Å². The standard InChI is InChI=1S/C11H12N2S/c1-3-14-11-8(2)12-9-6-4-5-7-10(9)13-11/h4-7H,3H2,1-2H3. The summed E-state index contributed by atoms with van der Waals surface area (Å²) < 4.78 is 0. The highest BCUT2D eigenvalue weighted by atomic mass is 32.2. The summed E-state index contributed by atoms with van der Waals surface area (Å²) in [6.07, 6.45) is 0. The molecule has 0 atom stereocenters. The van der Waals surface area contributed by atoms with Gasteiger partial charge in [0.15, 0.2) is 0 Å². The molecule has 0 radical (unpaired) electrons. The molecule has 14 heavy (non-hydrogen) atoms. The quantitative estimate of drug-likeness (QED) is 0.703. The maximum absolute atomic E-state index is 4.56. The summed E-state index contributed by atoms with van der Waals surface area (Å²) in [6.45, 7) is 4.14. The van der Waals surface area contributed by atoms with Gasteiger partial charge in [-0.25, -0.2) is 9.97 Å². The molecule has 2 rings (SSSR count). The van der Waals surface area contributed by atoms with Crippen LogP contribution < -0.4 is 0 Å². The number of hydrogen-bond donors (Lipinski definition) is 0. The second-order valence-electron chi connectivity index (χ2n) is 3.04. The fourth-order valence-corrected chi connectivity index (χ4v) is 2.04. The average molecular weight is 204 g/mol. The Kier molecular flexibility index (Phi) is 2.68. The minimum absolute atomic E-state index is 0.977. The van der Waals surface area contributed by atoms with E-state index in [1.165, 1.54) is 0 Å². The van der Waals surface area contributed by atoms with Gasteiger partial charge in [0.25, 0.3) is 0 Å². The van der Waals surface area contributed by atoms with Gasteiger partial charge in [-0.3, -0.25) is 0 Å². The molecule has 72 valence electrons. The van der Waals surface area contributed by atoms with Crippen LogP contribution in [0.4, 0.5) is 0 Å². The first-order chi connectivity index (χ1) is 6.81. The van der Waals surface area contributed by atoms with Gasteiger partial charge in [0.05, 0.1) is 16.7 Å². The van der Waals surface area contributed by atoms with Crippen LogP contribution in [-0.4, -0.2) is 15.7 Å². The Hall–Kier alpha value is -1.09. The fourth-order valence-electron chi connectivity index (χ4n) is 1.35. The highest BCUT2D eigenvalue weighted by Gasteiger charge is 2.03. The Bertz CT molecular complexity index is 454. The van der Waals surface area contributed by atoms with Crippen LogP contribution in [0.25, 0.3) is 11.0 Å². The molecule has 0 spiro atoms. The lowest BCUT2D eigenvalue weighted by atomic mass is 10.3. The van der Waals surface area contributed by atoms with E-state index in [2.05, 4.69) is 16.9 Å². The summed E-state index contributed by atoms with van der Waals surface area (Å²) in [7, 11) is 0. The van der Waals surface area contributed by atoms with Crippen LogP contribution in [-0.2, 0) is 0 Å². The zero-order valence-corrected chi connectivity index (χ0v) is 9.14. The van der Waals surface area contributed by atoms with Crippen molar-refractivity contribution in [2.24, 2.45) is 0 Å². The summed E-state index contributed by atoms with van der Waals surface area (Å²) in [4.78, 5) is 9.08. The van der Waals surface area contributed by atoms with Crippen molar-refractivity contribution in [3.8, 4) is 0 Å². The van der Waals surface area contributed by atoms with E-state index in [1.54, 1.807) is 11.8 Å². The van der Waals surface area contributed by atoms with Crippen molar-refractivity contribution in [2.75, 3.05) is 5.75 Å². The summed E-state index contributed by atoms with van der Waals surface area (Å²) in [5, 5.41) is 1.05. The third kappa shape index (κ3) is 1.73. The second-order valence-corrected chi connectivity index (χ2v) is 4.29. The van der Waals surface area contributed by atoms with Crippen molar-refractivity contribution in [1.29, 1.82) is 0 Å². The maximum Gasteiger partial charge on any atom is 0.118 e. The molecule has 2 aromatic rings. The minimum atomic E-state index is 0.977. The lowest BCUT2D eigenvalue weighted by molar-refractivity contribution is 1.04. The lowest BCUT2D eigenvalue weighted by Gasteiger charge is -2.03. The number of nitrogens with zero attached hydrogens (tertiary/aromatic N) is 2. The molecule has 0 aliphatic heterocycles. The van der Waals surface area contributed by atoms with E-state index in [1.807, 2.05) is 31.2 Å². The van der Waals surface area contributed by atoms with E-state index < -0.39 is 0 Å². The Labute approximate surface area is 87.8 Å². The number of rotatable bonds is 2. The summed E-state index contributed by atoms with van der Waals surface area (Å²) >= 11 is 1.74. The lowest BCUT2D eigenvalue weighted by Crippen LogP contribution is -1.92. The molecular formula is C11H12N2S. The first kappa shape index (κ1) is 9.46. The number of aromatic nitrogens is 2. The number of para-hydroxylation sites is 2. The van der Waals surface area contributed by atoms with Gasteiger partial charge in [-0.1, -0.05) is 19.1 Å². The molecule has 0 bridgehead atoms. The molecule has 0 fully saturated rings. The van der Waals surface area contributed by atoms with Gasteiger partial charge in [0.1, 0.15) is 5.03 Å². The van der Waals surface area contributed by atoms with Crippen molar-refractivity contribution in [1.82, 2.24) is 9.97 Å². The molecule has 0 saturated heterocycles. The highest BCUT2D eigenvalue weighted by Crippen LogP contribution is 2.20.